The Bertz CT molecular complexity index is 594. The summed E-state index contributed by atoms with van der Waals surface area (Å²) in [5.74, 6) is 0.900. The molecule has 0 aliphatic heterocycles. The summed E-state index contributed by atoms with van der Waals surface area (Å²) in [7, 11) is 0. The van der Waals surface area contributed by atoms with Gasteiger partial charge >= 0.3 is 0 Å². The lowest BCUT2D eigenvalue weighted by molar-refractivity contribution is 0.101. The number of halogens is 2. The highest BCUT2D eigenvalue weighted by atomic mass is 35.5. The smallest absolute Gasteiger partial charge is 0.159 e. The molecule has 0 N–H and O–H groups in total. The van der Waals surface area contributed by atoms with E-state index in [1.54, 1.807) is 24.8 Å². The van der Waals surface area contributed by atoms with E-state index in [0.29, 0.717) is 10.0 Å². The average molecular weight is 311 g/mol. The summed E-state index contributed by atoms with van der Waals surface area (Å²) in [5, 5.41) is 1.15. The Morgan fingerprint density at radius 3 is 2.32 bits per heavy atom. The lowest BCUT2D eigenvalue weighted by Gasteiger charge is -2.04. The predicted octanol–water partition coefficient (Wildman–Crippen LogP) is 5.49. The average Bonchev–Trinajstić information content (AvgIpc) is 2.40. The lowest BCUT2D eigenvalue weighted by atomic mass is 10.2. The van der Waals surface area contributed by atoms with Crippen LogP contribution in [-0.2, 0) is 5.75 Å². The lowest BCUT2D eigenvalue weighted by Crippen LogP contribution is -1.90. The third-order valence-electron chi connectivity index (χ3n) is 2.65. The number of thioether (sulfide) groups is 1. The van der Waals surface area contributed by atoms with E-state index in [4.69, 9.17) is 23.2 Å². The molecule has 1 nitrogen and oxygen atoms in total. The van der Waals surface area contributed by atoms with E-state index in [0.717, 1.165) is 21.8 Å². The van der Waals surface area contributed by atoms with Crippen LogP contribution in [0.2, 0.25) is 10.0 Å². The molecule has 0 radical (unpaired) electrons. The first kappa shape index (κ1) is 14.4. The van der Waals surface area contributed by atoms with Crippen molar-refractivity contribution in [2.24, 2.45) is 0 Å². The molecule has 0 spiro atoms. The molecule has 19 heavy (non-hydrogen) atoms. The van der Waals surface area contributed by atoms with Gasteiger partial charge in [-0.3, -0.25) is 4.79 Å². The van der Waals surface area contributed by atoms with Gasteiger partial charge in [-0.25, -0.2) is 0 Å². The molecular formula is C15H12Cl2OS. The van der Waals surface area contributed by atoms with Crippen LogP contribution in [0.5, 0.6) is 0 Å². The number of benzene rings is 2. The Labute approximate surface area is 126 Å². The highest BCUT2D eigenvalue weighted by molar-refractivity contribution is 7.98. The quantitative estimate of drug-likeness (QED) is 0.549. The van der Waals surface area contributed by atoms with E-state index in [2.05, 4.69) is 0 Å². The van der Waals surface area contributed by atoms with Crippen molar-refractivity contribution in [3.05, 3.63) is 63.6 Å². The fourth-order valence-corrected chi connectivity index (χ4v) is 2.74. The maximum atomic E-state index is 11.2. The highest BCUT2D eigenvalue weighted by Crippen LogP contribution is 2.27. The first-order chi connectivity index (χ1) is 9.06. The van der Waals surface area contributed by atoms with E-state index in [1.807, 2.05) is 36.4 Å². The second-order valence-electron chi connectivity index (χ2n) is 4.12. The molecule has 0 saturated heterocycles. The number of ketones is 1. The summed E-state index contributed by atoms with van der Waals surface area (Å²) in [5.41, 5.74) is 1.86. The highest BCUT2D eigenvalue weighted by Gasteiger charge is 2.02. The zero-order valence-electron chi connectivity index (χ0n) is 10.3. The van der Waals surface area contributed by atoms with E-state index in [-0.39, 0.29) is 5.78 Å². The minimum atomic E-state index is 0.0843. The fourth-order valence-electron chi connectivity index (χ4n) is 1.58. The Hall–Kier alpha value is -0.960. The van der Waals surface area contributed by atoms with Crippen LogP contribution in [0.4, 0.5) is 0 Å². The van der Waals surface area contributed by atoms with Gasteiger partial charge in [0.2, 0.25) is 0 Å². The van der Waals surface area contributed by atoms with Crippen LogP contribution in [0.15, 0.2) is 47.4 Å². The standard InChI is InChI=1S/C15H12Cl2OS/c1-10(18)12-3-5-13(6-4-12)19-9-11-2-7-14(16)15(17)8-11/h2-8H,9H2,1H3. The summed E-state index contributed by atoms with van der Waals surface area (Å²) in [6.07, 6.45) is 0. The topological polar surface area (TPSA) is 17.1 Å². The largest absolute Gasteiger partial charge is 0.295 e. The summed E-state index contributed by atoms with van der Waals surface area (Å²) in [6.45, 7) is 1.57. The first-order valence-electron chi connectivity index (χ1n) is 5.74. The summed E-state index contributed by atoms with van der Waals surface area (Å²) >= 11 is 13.5. The number of hydrogen-bond acceptors (Lipinski definition) is 2. The Balaban J connectivity index is 2.01. The number of Topliss-reactive ketones (excluding diaryl/α,β-unsaturated/α-hetero) is 1. The van der Waals surface area contributed by atoms with Gasteiger partial charge < -0.3 is 0 Å². The SMILES string of the molecule is CC(=O)c1ccc(SCc2ccc(Cl)c(Cl)c2)cc1. The minimum absolute atomic E-state index is 0.0843. The molecule has 2 aromatic carbocycles. The molecule has 0 heterocycles. The van der Waals surface area contributed by atoms with Gasteiger partial charge in [-0.15, -0.1) is 11.8 Å². The van der Waals surface area contributed by atoms with Crippen LogP contribution in [0, 0.1) is 0 Å². The molecule has 0 bridgehead atoms. The molecule has 0 amide bonds. The molecule has 0 aromatic heterocycles. The minimum Gasteiger partial charge on any atom is -0.295 e. The fraction of sp³-hybridized carbons (Fsp3) is 0.133. The van der Waals surface area contributed by atoms with Crippen LogP contribution in [0.3, 0.4) is 0 Å². The third kappa shape index (κ3) is 4.00. The predicted molar refractivity (Wildman–Crippen MR) is 82.5 cm³/mol. The Morgan fingerprint density at radius 2 is 1.74 bits per heavy atom. The number of carbonyl (C=O) groups excluding carboxylic acids is 1. The van der Waals surface area contributed by atoms with Gasteiger partial charge in [0.15, 0.2) is 5.78 Å². The van der Waals surface area contributed by atoms with Crippen molar-refractivity contribution < 1.29 is 4.79 Å². The summed E-state index contributed by atoms with van der Waals surface area (Å²) in [6, 6.07) is 13.3. The van der Waals surface area contributed by atoms with Crippen LogP contribution in [0.25, 0.3) is 0 Å². The van der Waals surface area contributed by atoms with Gasteiger partial charge in [0.1, 0.15) is 0 Å². The number of hydrogen-bond donors (Lipinski definition) is 0. The molecular weight excluding hydrogens is 299 g/mol. The van der Waals surface area contributed by atoms with Gasteiger partial charge in [0.05, 0.1) is 10.0 Å². The molecule has 98 valence electrons. The molecule has 0 saturated carbocycles. The zero-order chi connectivity index (χ0) is 13.8. The van der Waals surface area contributed by atoms with Gasteiger partial charge in [0, 0.05) is 16.2 Å². The molecule has 2 aromatic rings. The second kappa shape index (κ2) is 6.47. The molecule has 0 atom stereocenters. The Morgan fingerprint density at radius 1 is 1.05 bits per heavy atom. The van der Waals surface area contributed by atoms with Crippen molar-refractivity contribution in [1.29, 1.82) is 0 Å². The summed E-state index contributed by atoms with van der Waals surface area (Å²) < 4.78 is 0. The van der Waals surface area contributed by atoms with E-state index in [9.17, 15) is 4.79 Å². The second-order valence-corrected chi connectivity index (χ2v) is 5.98. The van der Waals surface area contributed by atoms with Gasteiger partial charge in [-0.1, -0.05) is 41.4 Å². The Kier molecular flexibility index (Phi) is 4.92. The van der Waals surface area contributed by atoms with Gasteiger partial charge in [-0.2, -0.15) is 0 Å². The molecule has 0 unspecified atom stereocenters. The van der Waals surface area contributed by atoms with Crippen molar-refractivity contribution in [2.45, 2.75) is 17.6 Å². The first-order valence-corrected chi connectivity index (χ1v) is 7.48. The number of rotatable bonds is 4. The third-order valence-corrected chi connectivity index (χ3v) is 4.47. The van der Waals surface area contributed by atoms with Crippen LogP contribution in [0.1, 0.15) is 22.8 Å². The zero-order valence-corrected chi connectivity index (χ0v) is 12.6. The van der Waals surface area contributed by atoms with E-state index < -0.39 is 0 Å². The van der Waals surface area contributed by atoms with Gasteiger partial charge in [-0.05, 0) is 36.8 Å². The maximum Gasteiger partial charge on any atom is 0.159 e. The molecule has 0 fully saturated rings. The van der Waals surface area contributed by atoms with Crippen molar-refractivity contribution >= 4 is 40.7 Å². The van der Waals surface area contributed by atoms with Crippen LogP contribution < -0.4 is 0 Å². The number of carbonyl (C=O) groups is 1. The monoisotopic (exact) mass is 310 g/mol. The van der Waals surface area contributed by atoms with E-state index >= 15 is 0 Å². The van der Waals surface area contributed by atoms with Gasteiger partial charge in [0.25, 0.3) is 0 Å². The van der Waals surface area contributed by atoms with Crippen molar-refractivity contribution in [3.8, 4) is 0 Å². The molecule has 0 aliphatic rings. The van der Waals surface area contributed by atoms with Crippen molar-refractivity contribution in [1.82, 2.24) is 0 Å². The van der Waals surface area contributed by atoms with E-state index in [1.165, 1.54) is 0 Å². The molecule has 0 aliphatic carbocycles. The molecule has 4 heteroatoms. The normalized spacial score (nSPS) is 10.5. The maximum absolute atomic E-state index is 11.2. The molecule has 2 rings (SSSR count). The van der Waals surface area contributed by atoms with Crippen molar-refractivity contribution in [2.75, 3.05) is 0 Å². The van der Waals surface area contributed by atoms with Crippen molar-refractivity contribution in [3.63, 3.8) is 0 Å². The van der Waals surface area contributed by atoms with Crippen LogP contribution in [-0.4, -0.2) is 5.78 Å². The van der Waals surface area contributed by atoms with Crippen LogP contribution >= 0.6 is 35.0 Å². The summed E-state index contributed by atoms with van der Waals surface area (Å²) in [4.78, 5) is 12.3.